The minimum absolute atomic E-state index is 0.529. The van der Waals surface area contributed by atoms with Crippen molar-refractivity contribution in [1.82, 2.24) is 0 Å². The zero-order valence-electron chi connectivity index (χ0n) is 11.2. The van der Waals surface area contributed by atoms with E-state index in [1.165, 1.54) is 5.56 Å². The molecular formula is C16H17BrO2. The first-order valence-corrected chi connectivity index (χ1v) is 7.06. The summed E-state index contributed by atoms with van der Waals surface area (Å²) >= 11 is 3.46. The third-order valence-corrected chi connectivity index (χ3v) is 3.41. The van der Waals surface area contributed by atoms with Gasteiger partial charge in [-0.3, -0.25) is 0 Å². The molecule has 0 bridgehead atoms. The van der Waals surface area contributed by atoms with E-state index in [1.54, 1.807) is 7.11 Å². The molecule has 0 spiro atoms. The Morgan fingerprint density at radius 3 is 2.53 bits per heavy atom. The van der Waals surface area contributed by atoms with Crippen molar-refractivity contribution in [3.8, 4) is 11.5 Å². The molecule has 0 heterocycles. The number of hydrogen-bond donors (Lipinski definition) is 0. The maximum atomic E-state index is 5.82. The zero-order valence-corrected chi connectivity index (χ0v) is 12.7. The van der Waals surface area contributed by atoms with Gasteiger partial charge in [0.2, 0.25) is 0 Å². The number of hydrogen-bond acceptors (Lipinski definition) is 2. The molecule has 0 aliphatic carbocycles. The second-order valence-corrected chi connectivity index (χ2v) is 5.17. The van der Waals surface area contributed by atoms with Gasteiger partial charge in [0.15, 0.2) is 11.5 Å². The van der Waals surface area contributed by atoms with Crippen molar-refractivity contribution in [1.29, 1.82) is 0 Å². The molecule has 0 saturated heterocycles. The van der Waals surface area contributed by atoms with Crippen LogP contribution in [0.2, 0.25) is 0 Å². The number of benzene rings is 2. The third kappa shape index (κ3) is 3.74. The van der Waals surface area contributed by atoms with Crippen molar-refractivity contribution in [2.75, 3.05) is 7.11 Å². The molecule has 0 radical (unpaired) electrons. The van der Waals surface area contributed by atoms with E-state index in [1.807, 2.05) is 36.4 Å². The van der Waals surface area contributed by atoms with E-state index in [9.17, 15) is 0 Å². The quantitative estimate of drug-likeness (QED) is 0.801. The Bertz CT molecular complexity index is 552. The normalized spacial score (nSPS) is 10.3. The molecule has 2 aromatic rings. The first-order valence-electron chi connectivity index (χ1n) is 6.27. The summed E-state index contributed by atoms with van der Waals surface area (Å²) in [7, 11) is 1.67. The van der Waals surface area contributed by atoms with Crippen molar-refractivity contribution in [3.05, 3.63) is 58.1 Å². The van der Waals surface area contributed by atoms with E-state index in [4.69, 9.17) is 9.47 Å². The highest BCUT2D eigenvalue weighted by molar-refractivity contribution is 9.10. The van der Waals surface area contributed by atoms with Gasteiger partial charge in [-0.15, -0.1) is 0 Å². The first-order chi connectivity index (χ1) is 9.22. The molecule has 19 heavy (non-hydrogen) atoms. The van der Waals surface area contributed by atoms with Crippen molar-refractivity contribution in [2.24, 2.45) is 0 Å². The lowest BCUT2D eigenvalue weighted by atomic mass is 10.1. The third-order valence-electron chi connectivity index (χ3n) is 2.92. The van der Waals surface area contributed by atoms with Gasteiger partial charge in [0.05, 0.1) is 7.11 Å². The van der Waals surface area contributed by atoms with Gasteiger partial charge in [-0.05, 0) is 41.8 Å². The summed E-state index contributed by atoms with van der Waals surface area (Å²) in [4.78, 5) is 0. The Hall–Kier alpha value is -1.48. The molecule has 0 atom stereocenters. The maximum Gasteiger partial charge on any atom is 0.161 e. The van der Waals surface area contributed by atoms with Crippen LogP contribution < -0.4 is 9.47 Å². The molecule has 0 N–H and O–H groups in total. The zero-order chi connectivity index (χ0) is 13.7. The van der Waals surface area contributed by atoms with Gasteiger partial charge in [-0.2, -0.15) is 0 Å². The fourth-order valence-corrected chi connectivity index (χ4v) is 2.29. The van der Waals surface area contributed by atoms with Gasteiger partial charge in [-0.1, -0.05) is 41.1 Å². The van der Waals surface area contributed by atoms with Crippen LogP contribution in [-0.4, -0.2) is 7.11 Å². The van der Waals surface area contributed by atoms with Crippen LogP contribution in [0.15, 0.2) is 46.9 Å². The summed E-state index contributed by atoms with van der Waals surface area (Å²) in [5.41, 5.74) is 2.36. The highest BCUT2D eigenvalue weighted by Gasteiger charge is 2.05. The summed E-state index contributed by atoms with van der Waals surface area (Å²) < 4.78 is 12.2. The van der Waals surface area contributed by atoms with Gasteiger partial charge in [0.25, 0.3) is 0 Å². The number of methoxy groups -OCH3 is 1. The van der Waals surface area contributed by atoms with Crippen LogP contribution >= 0.6 is 15.9 Å². The molecular weight excluding hydrogens is 304 g/mol. The molecule has 2 aromatic carbocycles. The van der Waals surface area contributed by atoms with E-state index in [2.05, 4.69) is 28.9 Å². The largest absolute Gasteiger partial charge is 0.493 e. The van der Waals surface area contributed by atoms with Gasteiger partial charge in [0.1, 0.15) is 6.61 Å². The van der Waals surface area contributed by atoms with Crippen molar-refractivity contribution < 1.29 is 9.47 Å². The fourth-order valence-electron chi connectivity index (χ4n) is 1.84. The number of halogens is 1. The average molecular weight is 321 g/mol. The second kappa shape index (κ2) is 6.62. The summed E-state index contributed by atoms with van der Waals surface area (Å²) in [6.45, 7) is 2.65. The summed E-state index contributed by atoms with van der Waals surface area (Å²) in [6.07, 6.45) is 0.988. The van der Waals surface area contributed by atoms with Gasteiger partial charge < -0.3 is 9.47 Å². The van der Waals surface area contributed by atoms with Crippen LogP contribution in [0.4, 0.5) is 0 Å². The van der Waals surface area contributed by atoms with E-state index in [0.717, 1.165) is 28.0 Å². The lowest BCUT2D eigenvalue weighted by molar-refractivity contribution is 0.284. The number of aryl methyl sites for hydroxylation is 1. The minimum atomic E-state index is 0.529. The van der Waals surface area contributed by atoms with Gasteiger partial charge in [-0.25, -0.2) is 0 Å². The average Bonchev–Trinajstić information content (AvgIpc) is 2.45. The standard InChI is InChI=1S/C16H17BrO2/c1-3-12-7-8-15(16(10-12)18-2)19-11-13-5-4-6-14(17)9-13/h4-10H,3,11H2,1-2H3. The molecule has 100 valence electrons. The van der Waals surface area contributed by atoms with Crippen LogP contribution in [-0.2, 0) is 13.0 Å². The second-order valence-electron chi connectivity index (χ2n) is 4.26. The molecule has 0 aliphatic heterocycles. The molecule has 0 saturated carbocycles. The van der Waals surface area contributed by atoms with E-state index in [-0.39, 0.29) is 0 Å². The minimum Gasteiger partial charge on any atom is -0.493 e. The van der Waals surface area contributed by atoms with Crippen molar-refractivity contribution in [2.45, 2.75) is 20.0 Å². The summed E-state index contributed by atoms with van der Waals surface area (Å²) in [6, 6.07) is 14.1. The van der Waals surface area contributed by atoms with E-state index < -0.39 is 0 Å². The molecule has 0 fully saturated rings. The molecule has 0 amide bonds. The van der Waals surface area contributed by atoms with Crippen LogP contribution in [0.5, 0.6) is 11.5 Å². The smallest absolute Gasteiger partial charge is 0.161 e. The Morgan fingerprint density at radius 1 is 1.00 bits per heavy atom. The van der Waals surface area contributed by atoms with Crippen molar-refractivity contribution in [3.63, 3.8) is 0 Å². The highest BCUT2D eigenvalue weighted by atomic mass is 79.9. The van der Waals surface area contributed by atoms with E-state index >= 15 is 0 Å². The van der Waals surface area contributed by atoms with Crippen LogP contribution in [0.1, 0.15) is 18.1 Å². The topological polar surface area (TPSA) is 18.5 Å². The molecule has 0 unspecified atom stereocenters. The van der Waals surface area contributed by atoms with Crippen LogP contribution in [0, 0.1) is 0 Å². The summed E-state index contributed by atoms with van der Waals surface area (Å²) in [5.74, 6) is 1.56. The molecule has 3 heteroatoms. The molecule has 2 rings (SSSR count). The Balaban J connectivity index is 2.11. The monoisotopic (exact) mass is 320 g/mol. The van der Waals surface area contributed by atoms with E-state index in [0.29, 0.717) is 6.61 Å². The molecule has 0 aliphatic rings. The lowest BCUT2D eigenvalue weighted by Crippen LogP contribution is -1.98. The number of ether oxygens (including phenoxy) is 2. The van der Waals surface area contributed by atoms with Gasteiger partial charge in [0, 0.05) is 4.47 Å². The predicted octanol–water partition coefficient (Wildman–Crippen LogP) is 4.60. The molecule has 0 aromatic heterocycles. The summed E-state index contributed by atoms with van der Waals surface area (Å²) in [5, 5.41) is 0. The maximum absolute atomic E-state index is 5.82. The van der Waals surface area contributed by atoms with Crippen LogP contribution in [0.3, 0.4) is 0 Å². The highest BCUT2D eigenvalue weighted by Crippen LogP contribution is 2.29. The number of rotatable bonds is 5. The van der Waals surface area contributed by atoms with Gasteiger partial charge >= 0.3 is 0 Å². The predicted molar refractivity (Wildman–Crippen MR) is 80.8 cm³/mol. The van der Waals surface area contributed by atoms with Crippen LogP contribution in [0.25, 0.3) is 0 Å². The lowest BCUT2D eigenvalue weighted by Gasteiger charge is -2.12. The Morgan fingerprint density at radius 2 is 1.84 bits per heavy atom. The van der Waals surface area contributed by atoms with Crippen molar-refractivity contribution >= 4 is 15.9 Å². The Kier molecular flexibility index (Phi) is 4.86. The Labute approximate surface area is 122 Å². The fraction of sp³-hybridized carbons (Fsp3) is 0.250. The SMILES string of the molecule is CCc1ccc(OCc2cccc(Br)c2)c(OC)c1. The first kappa shape index (κ1) is 13.9. The molecule has 2 nitrogen and oxygen atoms in total.